The first-order valence-electron chi connectivity index (χ1n) is 7.12. The van der Waals surface area contributed by atoms with Crippen LogP contribution in [0.2, 0.25) is 0 Å². The highest BCUT2D eigenvalue weighted by Crippen LogP contribution is 2.29. The van der Waals surface area contributed by atoms with E-state index in [2.05, 4.69) is 4.98 Å². The fourth-order valence-corrected chi connectivity index (χ4v) is 3.10. The molecule has 0 bridgehead atoms. The standard InChI is InChI=1S/C17H16N2O3S/c1-19(10-12-6-3-2-4-7-12)17(21)22-11-15-18-16-13(20)8-5-9-14(16)23-15/h2-9,20H,10-11H2,1H3. The highest BCUT2D eigenvalue weighted by molar-refractivity contribution is 7.18. The van der Waals surface area contributed by atoms with E-state index in [4.69, 9.17) is 4.74 Å². The molecule has 1 aromatic heterocycles. The van der Waals surface area contributed by atoms with Gasteiger partial charge < -0.3 is 14.7 Å². The second kappa shape index (κ2) is 6.66. The highest BCUT2D eigenvalue weighted by atomic mass is 32.1. The minimum absolute atomic E-state index is 0.0940. The third-order valence-electron chi connectivity index (χ3n) is 3.34. The summed E-state index contributed by atoms with van der Waals surface area (Å²) in [7, 11) is 1.69. The minimum atomic E-state index is -0.405. The average molecular weight is 328 g/mol. The number of hydrogen-bond acceptors (Lipinski definition) is 5. The van der Waals surface area contributed by atoms with Crippen LogP contribution in [0, 0.1) is 0 Å². The number of amides is 1. The maximum Gasteiger partial charge on any atom is 0.410 e. The lowest BCUT2D eigenvalue weighted by Gasteiger charge is -2.16. The van der Waals surface area contributed by atoms with Crippen LogP contribution in [0.3, 0.4) is 0 Å². The van der Waals surface area contributed by atoms with Crippen molar-refractivity contribution in [3.05, 3.63) is 59.1 Å². The van der Waals surface area contributed by atoms with Gasteiger partial charge in [0.05, 0.1) is 4.70 Å². The summed E-state index contributed by atoms with van der Waals surface area (Å²) >= 11 is 1.40. The first-order valence-corrected chi connectivity index (χ1v) is 7.94. The average Bonchev–Trinajstić information content (AvgIpc) is 2.98. The number of fused-ring (bicyclic) bond motifs is 1. The van der Waals surface area contributed by atoms with Crippen LogP contribution in [0.25, 0.3) is 10.2 Å². The van der Waals surface area contributed by atoms with Crippen LogP contribution in [-0.4, -0.2) is 28.1 Å². The van der Waals surface area contributed by atoms with Gasteiger partial charge in [-0.25, -0.2) is 9.78 Å². The zero-order chi connectivity index (χ0) is 16.2. The van der Waals surface area contributed by atoms with Crippen LogP contribution in [0.15, 0.2) is 48.5 Å². The fourth-order valence-electron chi connectivity index (χ4n) is 2.20. The van der Waals surface area contributed by atoms with E-state index in [0.717, 1.165) is 10.3 Å². The molecule has 2 aromatic carbocycles. The number of nitrogens with zero attached hydrogens (tertiary/aromatic N) is 2. The maximum atomic E-state index is 12.0. The molecule has 0 aliphatic heterocycles. The van der Waals surface area contributed by atoms with Gasteiger partial charge >= 0.3 is 6.09 Å². The number of benzene rings is 2. The Morgan fingerprint density at radius 1 is 1.22 bits per heavy atom. The van der Waals surface area contributed by atoms with Crippen molar-refractivity contribution < 1.29 is 14.6 Å². The molecular formula is C17H16N2O3S. The molecule has 3 aromatic rings. The Morgan fingerprint density at radius 3 is 2.74 bits per heavy atom. The predicted octanol–water partition coefficient (Wildman–Crippen LogP) is 3.77. The normalized spacial score (nSPS) is 10.7. The molecule has 0 radical (unpaired) electrons. The smallest absolute Gasteiger partial charge is 0.410 e. The van der Waals surface area contributed by atoms with Gasteiger partial charge in [0.25, 0.3) is 0 Å². The summed E-state index contributed by atoms with van der Waals surface area (Å²) in [6, 6.07) is 14.9. The summed E-state index contributed by atoms with van der Waals surface area (Å²) in [5.41, 5.74) is 1.58. The molecule has 5 nitrogen and oxygen atoms in total. The first kappa shape index (κ1) is 15.3. The van der Waals surface area contributed by atoms with Crippen LogP contribution in [0.5, 0.6) is 5.75 Å². The largest absolute Gasteiger partial charge is 0.506 e. The van der Waals surface area contributed by atoms with Crippen LogP contribution in [0.1, 0.15) is 10.6 Å². The predicted molar refractivity (Wildman–Crippen MR) is 89.4 cm³/mol. The molecule has 118 valence electrons. The Bertz CT molecular complexity index is 817. The molecule has 0 saturated carbocycles. The van der Waals surface area contributed by atoms with E-state index in [-0.39, 0.29) is 12.4 Å². The summed E-state index contributed by atoms with van der Waals surface area (Å²) in [5.74, 6) is 0.137. The van der Waals surface area contributed by atoms with Gasteiger partial charge in [-0.1, -0.05) is 36.4 Å². The third-order valence-corrected chi connectivity index (χ3v) is 4.33. The second-order valence-corrected chi connectivity index (χ2v) is 6.24. The van der Waals surface area contributed by atoms with Gasteiger partial charge in [0.2, 0.25) is 0 Å². The van der Waals surface area contributed by atoms with Gasteiger partial charge in [-0.3, -0.25) is 0 Å². The molecule has 0 spiro atoms. The zero-order valence-corrected chi connectivity index (χ0v) is 13.4. The molecule has 0 aliphatic carbocycles. The summed E-state index contributed by atoms with van der Waals surface area (Å²) in [4.78, 5) is 17.8. The Hall–Kier alpha value is -2.60. The molecule has 1 amide bonds. The summed E-state index contributed by atoms with van der Waals surface area (Å²) in [6.07, 6.45) is -0.405. The topological polar surface area (TPSA) is 62.7 Å². The summed E-state index contributed by atoms with van der Waals surface area (Å²) in [6.45, 7) is 0.580. The van der Waals surface area contributed by atoms with E-state index in [0.29, 0.717) is 17.1 Å². The fraction of sp³-hybridized carbons (Fsp3) is 0.176. The van der Waals surface area contributed by atoms with Gasteiger partial charge in [0, 0.05) is 13.6 Å². The van der Waals surface area contributed by atoms with E-state index < -0.39 is 6.09 Å². The van der Waals surface area contributed by atoms with Crippen molar-refractivity contribution in [3.8, 4) is 5.75 Å². The molecular weight excluding hydrogens is 312 g/mol. The van der Waals surface area contributed by atoms with Gasteiger partial charge in [0.15, 0.2) is 0 Å². The van der Waals surface area contributed by atoms with Crippen molar-refractivity contribution in [2.75, 3.05) is 7.05 Å². The second-order valence-electron chi connectivity index (χ2n) is 5.13. The number of phenols is 1. The number of rotatable bonds is 4. The monoisotopic (exact) mass is 328 g/mol. The number of phenolic OH excluding ortho intramolecular Hbond substituents is 1. The zero-order valence-electron chi connectivity index (χ0n) is 12.6. The van der Waals surface area contributed by atoms with E-state index in [1.165, 1.54) is 16.2 Å². The minimum Gasteiger partial charge on any atom is -0.506 e. The number of carbonyl (C=O) groups excluding carboxylic acids is 1. The number of aromatic hydroxyl groups is 1. The summed E-state index contributed by atoms with van der Waals surface area (Å²) in [5, 5.41) is 10.4. The molecule has 6 heteroatoms. The molecule has 1 N–H and O–H groups in total. The van der Waals surface area contributed by atoms with E-state index in [1.54, 1.807) is 19.2 Å². The molecule has 23 heavy (non-hydrogen) atoms. The molecule has 0 unspecified atom stereocenters. The van der Waals surface area contributed by atoms with Gasteiger partial charge in [0.1, 0.15) is 22.9 Å². The van der Waals surface area contributed by atoms with Crippen molar-refractivity contribution >= 4 is 27.6 Å². The lowest BCUT2D eigenvalue weighted by molar-refractivity contribution is 0.103. The lowest BCUT2D eigenvalue weighted by atomic mass is 10.2. The molecule has 0 fully saturated rings. The van der Waals surface area contributed by atoms with Crippen LogP contribution in [0.4, 0.5) is 4.79 Å². The lowest BCUT2D eigenvalue weighted by Crippen LogP contribution is -2.26. The van der Waals surface area contributed by atoms with E-state index >= 15 is 0 Å². The highest BCUT2D eigenvalue weighted by Gasteiger charge is 2.13. The Kier molecular flexibility index (Phi) is 4.43. The van der Waals surface area contributed by atoms with Crippen LogP contribution >= 0.6 is 11.3 Å². The first-order chi connectivity index (χ1) is 11.1. The number of thiazole rings is 1. The molecule has 3 rings (SSSR count). The molecule has 0 aliphatic rings. The van der Waals surface area contributed by atoms with E-state index in [1.807, 2.05) is 36.4 Å². The van der Waals surface area contributed by atoms with Crippen molar-refractivity contribution in [1.82, 2.24) is 9.88 Å². The number of para-hydroxylation sites is 1. The molecule has 0 atom stereocenters. The van der Waals surface area contributed by atoms with Crippen molar-refractivity contribution in [3.63, 3.8) is 0 Å². The van der Waals surface area contributed by atoms with Crippen molar-refractivity contribution in [2.24, 2.45) is 0 Å². The van der Waals surface area contributed by atoms with Crippen molar-refractivity contribution in [1.29, 1.82) is 0 Å². The molecule has 0 saturated heterocycles. The number of ether oxygens (including phenoxy) is 1. The SMILES string of the molecule is CN(Cc1ccccc1)C(=O)OCc1nc2c(O)cccc2s1. The quantitative estimate of drug-likeness (QED) is 0.792. The number of aromatic nitrogens is 1. The Morgan fingerprint density at radius 2 is 2.00 bits per heavy atom. The Labute approximate surface area is 137 Å². The van der Waals surface area contributed by atoms with Crippen molar-refractivity contribution in [2.45, 2.75) is 13.2 Å². The van der Waals surface area contributed by atoms with Crippen LogP contribution in [-0.2, 0) is 17.9 Å². The van der Waals surface area contributed by atoms with Gasteiger partial charge in [-0.05, 0) is 17.7 Å². The number of hydrogen-bond donors (Lipinski definition) is 1. The van der Waals surface area contributed by atoms with E-state index in [9.17, 15) is 9.90 Å². The number of carbonyl (C=O) groups is 1. The Balaban J connectivity index is 1.60. The van der Waals surface area contributed by atoms with Gasteiger partial charge in [-0.15, -0.1) is 11.3 Å². The molecule has 1 heterocycles. The maximum absolute atomic E-state index is 12.0. The summed E-state index contributed by atoms with van der Waals surface area (Å²) < 4.78 is 6.15. The van der Waals surface area contributed by atoms with Crippen LogP contribution < -0.4 is 0 Å². The third kappa shape index (κ3) is 3.60. The van der Waals surface area contributed by atoms with Gasteiger partial charge in [-0.2, -0.15) is 0 Å².